The van der Waals surface area contributed by atoms with Crippen LogP contribution in [0.2, 0.25) is 0 Å². The SMILES string of the molecule is C=C/C=C\C(=C\c1ccc2oc3cc4ccccc4cc3c2c1)N(c1ccc(/C=C/C=C\c2coc3ccccc23)cc1)c1cccc2ccccc12. The van der Waals surface area contributed by atoms with E-state index in [-0.39, 0.29) is 0 Å². The molecule has 0 aliphatic rings. The quantitative estimate of drug-likeness (QED) is 0.142. The Bertz CT molecular complexity index is 2910. The molecule has 0 fully saturated rings. The number of nitrogens with zero attached hydrogens (tertiary/aromatic N) is 1. The second kappa shape index (κ2) is 13.9. The van der Waals surface area contributed by atoms with E-state index < -0.39 is 0 Å². The molecule has 0 unspecified atom stereocenters. The van der Waals surface area contributed by atoms with Crippen molar-refractivity contribution in [2.45, 2.75) is 0 Å². The van der Waals surface area contributed by atoms with E-state index in [4.69, 9.17) is 8.83 Å². The summed E-state index contributed by atoms with van der Waals surface area (Å²) in [6, 6.07) is 51.0. The van der Waals surface area contributed by atoms with Crippen molar-refractivity contribution in [3.8, 4) is 0 Å². The van der Waals surface area contributed by atoms with Crippen LogP contribution in [0.5, 0.6) is 0 Å². The van der Waals surface area contributed by atoms with E-state index in [1.165, 1.54) is 16.2 Å². The van der Waals surface area contributed by atoms with E-state index in [2.05, 4.69) is 175 Å². The zero-order valence-corrected chi connectivity index (χ0v) is 29.0. The Hall–Kier alpha value is -7.10. The number of rotatable bonds is 9. The Labute approximate surface area is 308 Å². The van der Waals surface area contributed by atoms with Crippen molar-refractivity contribution in [1.29, 1.82) is 0 Å². The van der Waals surface area contributed by atoms with Crippen LogP contribution in [-0.2, 0) is 0 Å². The van der Waals surface area contributed by atoms with E-state index in [0.717, 1.165) is 72.1 Å². The van der Waals surface area contributed by atoms with Crippen molar-refractivity contribution in [2.24, 2.45) is 0 Å². The number of benzene rings is 7. The van der Waals surface area contributed by atoms with Gasteiger partial charge in [-0.15, -0.1) is 0 Å². The molecule has 3 nitrogen and oxygen atoms in total. The molecule has 2 aromatic heterocycles. The Morgan fingerprint density at radius 2 is 1.23 bits per heavy atom. The van der Waals surface area contributed by atoms with Crippen LogP contribution in [0.1, 0.15) is 16.7 Å². The van der Waals surface area contributed by atoms with Gasteiger partial charge in [-0.1, -0.05) is 140 Å². The topological polar surface area (TPSA) is 29.5 Å². The van der Waals surface area contributed by atoms with Gasteiger partial charge in [0.1, 0.15) is 16.7 Å². The van der Waals surface area contributed by atoms with Gasteiger partial charge in [0.2, 0.25) is 0 Å². The highest BCUT2D eigenvalue weighted by Crippen LogP contribution is 2.38. The van der Waals surface area contributed by atoms with Crippen molar-refractivity contribution in [2.75, 3.05) is 4.90 Å². The number of para-hydroxylation sites is 1. The molecule has 3 heteroatoms. The van der Waals surface area contributed by atoms with Crippen molar-refractivity contribution >= 4 is 84.1 Å². The fraction of sp³-hybridized carbons (Fsp3) is 0. The van der Waals surface area contributed by atoms with Crippen LogP contribution < -0.4 is 4.90 Å². The first-order chi connectivity index (χ1) is 26.2. The summed E-state index contributed by atoms with van der Waals surface area (Å²) in [6.07, 6.45) is 18.3. The van der Waals surface area contributed by atoms with Crippen LogP contribution in [0, 0.1) is 0 Å². The lowest BCUT2D eigenvalue weighted by atomic mass is 10.0. The molecule has 0 aliphatic heterocycles. The Morgan fingerprint density at radius 1 is 0.528 bits per heavy atom. The molecule has 0 aliphatic carbocycles. The average Bonchev–Trinajstić information content (AvgIpc) is 3.78. The number of hydrogen-bond donors (Lipinski definition) is 0. The van der Waals surface area contributed by atoms with Gasteiger partial charge in [0.15, 0.2) is 0 Å². The van der Waals surface area contributed by atoms with E-state index in [1.807, 2.05) is 30.4 Å². The predicted octanol–water partition coefficient (Wildman–Crippen LogP) is 14.3. The first kappa shape index (κ1) is 31.9. The Morgan fingerprint density at radius 3 is 2.08 bits per heavy atom. The summed E-state index contributed by atoms with van der Waals surface area (Å²) in [5, 5.41) is 8.02. The van der Waals surface area contributed by atoms with Gasteiger partial charge in [-0.3, -0.25) is 0 Å². The Balaban J connectivity index is 1.12. The fourth-order valence-electron chi connectivity index (χ4n) is 7.11. The van der Waals surface area contributed by atoms with Crippen LogP contribution in [0.3, 0.4) is 0 Å². The summed E-state index contributed by atoms with van der Waals surface area (Å²) in [5.74, 6) is 0. The predicted molar refractivity (Wildman–Crippen MR) is 225 cm³/mol. The molecule has 7 aromatic carbocycles. The third-order valence-corrected chi connectivity index (χ3v) is 9.68. The number of anilines is 2. The van der Waals surface area contributed by atoms with Gasteiger partial charge in [-0.2, -0.15) is 0 Å². The maximum Gasteiger partial charge on any atom is 0.136 e. The summed E-state index contributed by atoms with van der Waals surface area (Å²) in [5.41, 5.74) is 9.02. The van der Waals surface area contributed by atoms with E-state index in [9.17, 15) is 0 Å². The molecule has 0 radical (unpaired) electrons. The number of hydrogen-bond acceptors (Lipinski definition) is 3. The molecular formula is C50H35NO2. The zero-order chi connectivity index (χ0) is 35.6. The summed E-state index contributed by atoms with van der Waals surface area (Å²) in [7, 11) is 0. The normalized spacial score (nSPS) is 12.5. The van der Waals surface area contributed by atoms with Crippen LogP contribution in [0.25, 0.3) is 72.7 Å². The van der Waals surface area contributed by atoms with E-state index in [0.29, 0.717) is 0 Å². The molecule has 0 amide bonds. The minimum absolute atomic E-state index is 0.873. The van der Waals surface area contributed by atoms with Gasteiger partial charge in [-0.25, -0.2) is 0 Å². The molecule has 252 valence electrons. The molecular weight excluding hydrogens is 647 g/mol. The summed E-state index contributed by atoms with van der Waals surface area (Å²) >= 11 is 0. The summed E-state index contributed by atoms with van der Waals surface area (Å²) in [6.45, 7) is 4.00. The van der Waals surface area contributed by atoms with Crippen molar-refractivity contribution in [1.82, 2.24) is 0 Å². The molecule has 2 heterocycles. The second-order valence-electron chi connectivity index (χ2n) is 13.0. The van der Waals surface area contributed by atoms with Crippen LogP contribution >= 0.6 is 0 Å². The zero-order valence-electron chi connectivity index (χ0n) is 29.0. The molecule has 0 atom stereocenters. The minimum atomic E-state index is 0.873. The van der Waals surface area contributed by atoms with Crippen molar-refractivity contribution < 1.29 is 8.83 Å². The average molecular weight is 682 g/mol. The van der Waals surface area contributed by atoms with Gasteiger partial charge in [-0.05, 0) is 88.0 Å². The molecule has 0 saturated carbocycles. The van der Waals surface area contributed by atoms with Gasteiger partial charge in [0.05, 0.1) is 12.0 Å². The lowest BCUT2D eigenvalue weighted by Crippen LogP contribution is -2.15. The largest absolute Gasteiger partial charge is 0.464 e. The highest BCUT2D eigenvalue weighted by Gasteiger charge is 2.17. The molecule has 9 aromatic rings. The maximum atomic E-state index is 6.33. The Kier molecular flexibility index (Phi) is 8.35. The molecule has 0 saturated heterocycles. The molecule has 0 spiro atoms. The smallest absolute Gasteiger partial charge is 0.136 e. The number of allylic oxidation sites excluding steroid dienone is 5. The van der Waals surface area contributed by atoms with E-state index in [1.54, 1.807) is 6.26 Å². The third kappa shape index (κ3) is 6.26. The van der Waals surface area contributed by atoms with Crippen LogP contribution in [-0.4, -0.2) is 0 Å². The monoisotopic (exact) mass is 681 g/mol. The fourth-order valence-corrected chi connectivity index (χ4v) is 7.11. The van der Waals surface area contributed by atoms with E-state index >= 15 is 0 Å². The maximum absolute atomic E-state index is 6.33. The van der Waals surface area contributed by atoms with Crippen molar-refractivity contribution in [3.63, 3.8) is 0 Å². The molecule has 0 N–H and O–H groups in total. The number of furan rings is 2. The molecule has 0 bridgehead atoms. The van der Waals surface area contributed by atoms with Gasteiger partial charge in [0.25, 0.3) is 0 Å². The molecule has 9 rings (SSSR count). The first-order valence-corrected chi connectivity index (χ1v) is 17.8. The summed E-state index contributed by atoms with van der Waals surface area (Å²) < 4.78 is 12.0. The summed E-state index contributed by atoms with van der Waals surface area (Å²) in [4.78, 5) is 2.32. The minimum Gasteiger partial charge on any atom is -0.464 e. The lowest BCUT2D eigenvalue weighted by Gasteiger charge is -2.28. The third-order valence-electron chi connectivity index (χ3n) is 9.68. The highest BCUT2D eigenvalue weighted by atomic mass is 16.3. The van der Waals surface area contributed by atoms with Gasteiger partial charge < -0.3 is 13.7 Å². The van der Waals surface area contributed by atoms with Gasteiger partial charge >= 0.3 is 0 Å². The van der Waals surface area contributed by atoms with Crippen LogP contribution in [0.4, 0.5) is 11.4 Å². The number of fused-ring (bicyclic) bond motifs is 6. The first-order valence-electron chi connectivity index (χ1n) is 17.8. The second-order valence-corrected chi connectivity index (χ2v) is 13.0. The highest BCUT2D eigenvalue weighted by molar-refractivity contribution is 6.10. The van der Waals surface area contributed by atoms with Crippen molar-refractivity contribution in [3.05, 3.63) is 211 Å². The van der Waals surface area contributed by atoms with Crippen LogP contribution in [0.15, 0.2) is 203 Å². The standard InChI is InChI=1S/C50H35NO2/c1-2-3-19-42(30-36-26-29-49-45(31-36)46-32-38-15-6-7-16-39(38)33-50(46)53-49)51(47-22-12-18-37-14-8-9-20-43(37)47)41-27-24-35(25-28-41)13-4-5-17-40-34-52-48-23-11-10-21-44(40)48/h2-34H,1H2/b13-4+,17-5-,19-3-,42-30-. The van der Waals surface area contributed by atoms with Gasteiger partial charge in [0, 0.05) is 38.5 Å². The molecule has 53 heavy (non-hydrogen) atoms. The lowest BCUT2D eigenvalue weighted by molar-refractivity contribution is 0.615.